The number of hydrogen-bond donors (Lipinski definition) is 0. The van der Waals surface area contributed by atoms with Gasteiger partial charge in [0.2, 0.25) is 6.41 Å². The van der Waals surface area contributed by atoms with E-state index in [1.54, 1.807) is 14.1 Å². The fourth-order valence-electron chi connectivity index (χ4n) is 1.05. The maximum absolute atomic E-state index is 9.43. The van der Waals surface area contributed by atoms with Crippen LogP contribution in [-0.4, -0.2) is 25.4 Å². The van der Waals surface area contributed by atoms with E-state index in [1.807, 2.05) is 36.4 Å². The van der Waals surface area contributed by atoms with Crippen molar-refractivity contribution in [3.05, 3.63) is 71.8 Å². The minimum Gasteiger partial charge on any atom is -0.351 e. The molecule has 0 bridgehead atoms. The lowest BCUT2D eigenvalue weighted by atomic mass is 10.1. The van der Waals surface area contributed by atoms with E-state index in [4.69, 9.17) is 0 Å². The van der Waals surface area contributed by atoms with Crippen molar-refractivity contribution in [1.82, 2.24) is 4.90 Å². The molecule has 0 spiro atoms. The first-order valence-electron chi connectivity index (χ1n) is 6.22. The van der Waals surface area contributed by atoms with Crippen LogP contribution >= 0.6 is 0 Å². The fraction of sp³-hybridized carbons (Fsp3) is 0.235. The van der Waals surface area contributed by atoms with Gasteiger partial charge in [0.1, 0.15) is 0 Å². The Kier molecular flexibility index (Phi) is 9.81. The van der Waals surface area contributed by atoms with Crippen LogP contribution in [0.2, 0.25) is 0 Å². The van der Waals surface area contributed by atoms with Crippen LogP contribution in [0.4, 0.5) is 0 Å². The lowest BCUT2D eigenvalue weighted by Gasteiger charge is -1.93. The van der Waals surface area contributed by atoms with E-state index in [0.29, 0.717) is 0 Å². The number of amides is 1. The van der Waals surface area contributed by atoms with Gasteiger partial charge in [0.05, 0.1) is 0 Å². The molecule has 0 atom stereocenters. The summed E-state index contributed by atoms with van der Waals surface area (Å²) in [6, 6.07) is 20.4. The van der Waals surface area contributed by atoms with Gasteiger partial charge in [0.15, 0.2) is 0 Å². The van der Waals surface area contributed by atoms with Crippen molar-refractivity contribution in [3.63, 3.8) is 0 Å². The largest absolute Gasteiger partial charge is 0.351 e. The Labute approximate surface area is 116 Å². The van der Waals surface area contributed by atoms with Crippen LogP contribution in [0.25, 0.3) is 0 Å². The molecule has 2 heteroatoms. The average molecular weight is 257 g/mol. The molecule has 19 heavy (non-hydrogen) atoms. The van der Waals surface area contributed by atoms with E-state index in [0.717, 1.165) is 6.41 Å². The molecule has 0 aliphatic heterocycles. The molecule has 1 amide bonds. The van der Waals surface area contributed by atoms with E-state index in [1.165, 1.54) is 16.0 Å². The van der Waals surface area contributed by atoms with Crippen LogP contribution in [-0.2, 0) is 4.79 Å². The zero-order chi connectivity index (χ0) is 14.5. The lowest BCUT2D eigenvalue weighted by molar-refractivity contribution is -0.115. The van der Waals surface area contributed by atoms with Gasteiger partial charge < -0.3 is 4.90 Å². The van der Waals surface area contributed by atoms with E-state index in [9.17, 15) is 4.79 Å². The van der Waals surface area contributed by atoms with E-state index in [2.05, 4.69) is 38.1 Å². The quantitative estimate of drug-likeness (QED) is 0.713. The molecule has 2 rings (SSSR count). The summed E-state index contributed by atoms with van der Waals surface area (Å²) in [5.74, 6) is 0. The Bertz CT molecular complexity index is 390. The van der Waals surface area contributed by atoms with Crippen LogP contribution < -0.4 is 0 Å². The van der Waals surface area contributed by atoms with Crippen molar-refractivity contribution in [1.29, 1.82) is 0 Å². The average Bonchev–Trinajstić information content (AvgIpc) is 2.45. The van der Waals surface area contributed by atoms with E-state index >= 15 is 0 Å². The number of carbonyl (C=O) groups is 1. The summed E-state index contributed by atoms with van der Waals surface area (Å²) in [7, 11) is 3.38. The first kappa shape index (κ1) is 16.9. The highest BCUT2D eigenvalue weighted by Gasteiger charge is 1.83. The lowest BCUT2D eigenvalue weighted by Crippen LogP contribution is -2.06. The fourth-order valence-corrected chi connectivity index (χ4v) is 1.05. The topological polar surface area (TPSA) is 20.3 Å². The second-order valence-corrected chi connectivity index (χ2v) is 4.31. The van der Waals surface area contributed by atoms with Gasteiger partial charge in [-0.2, -0.15) is 0 Å². The highest BCUT2D eigenvalue weighted by Crippen LogP contribution is 2.02. The van der Waals surface area contributed by atoms with Gasteiger partial charge in [-0.25, -0.2) is 0 Å². The third kappa shape index (κ3) is 10.8. The molecule has 102 valence electrons. The Balaban J connectivity index is 0.000000265. The molecular formula is C17H23NO. The van der Waals surface area contributed by atoms with Gasteiger partial charge in [0, 0.05) is 14.1 Å². The van der Waals surface area contributed by atoms with Gasteiger partial charge >= 0.3 is 0 Å². The van der Waals surface area contributed by atoms with Crippen LogP contribution in [0.3, 0.4) is 0 Å². The van der Waals surface area contributed by atoms with Crippen LogP contribution in [0, 0.1) is 13.8 Å². The predicted molar refractivity (Wildman–Crippen MR) is 82.1 cm³/mol. The van der Waals surface area contributed by atoms with Crippen molar-refractivity contribution in [3.8, 4) is 0 Å². The maximum atomic E-state index is 9.43. The van der Waals surface area contributed by atoms with E-state index in [-0.39, 0.29) is 0 Å². The second kappa shape index (κ2) is 11.0. The summed E-state index contributed by atoms with van der Waals surface area (Å²) in [5.41, 5.74) is 2.74. The van der Waals surface area contributed by atoms with Gasteiger partial charge in [0.25, 0.3) is 0 Å². The van der Waals surface area contributed by atoms with Crippen molar-refractivity contribution in [2.75, 3.05) is 14.1 Å². The van der Waals surface area contributed by atoms with Crippen molar-refractivity contribution in [2.45, 2.75) is 13.8 Å². The maximum Gasteiger partial charge on any atom is 0.209 e. The number of aryl methyl sites for hydroxylation is 2. The Morgan fingerprint density at radius 2 is 1.00 bits per heavy atom. The van der Waals surface area contributed by atoms with Gasteiger partial charge in [-0.15, -0.1) is 0 Å². The number of carbonyl (C=O) groups excluding carboxylic acids is 1. The third-order valence-corrected chi connectivity index (χ3v) is 2.30. The van der Waals surface area contributed by atoms with E-state index < -0.39 is 0 Å². The van der Waals surface area contributed by atoms with Crippen molar-refractivity contribution < 1.29 is 4.79 Å². The first-order valence-corrected chi connectivity index (χ1v) is 6.22. The minimum absolute atomic E-state index is 0.750. The molecule has 0 aromatic heterocycles. The van der Waals surface area contributed by atoms with Gasteiger partial charge in [-0.05, 0) is 25.0 Å². The predicted octanol–water partition coefficient (Wildman–Crippen LogP) is 3.69. The molecule has 0 radical (unpaired) electrons. The number of rotatable bonds is 1. The van der Waals surface area contributed by atoms with Crippen LogP contribution in [0.1, 0.15) is 11.1 Å². The molecule has 0 saturated heterocycles. The number of nitrogens with zero attached hydrogens (tertiary/aromatic N) is 1. The molecule has 0 N–H and O–H groups in total. The third-order valence-electron chi connectivity index (χ3n) is 2.30. The van der Waals surface area contributed by atoms with Gasteiger partial charge in [-0.3, -0.25) is 4.79 Å². The summed E-state index contributed by atoms with van der Waals surface area (Å²) >= 11 is 0. The first-order chi connectivity index (χ1) is 9.07. The molecule has 0 aliphatic carbocycles. The minimum atomic E-state index is 0.750. The van der Waals surface area contributed by atoms with Gasteiger partial charge in [-0.1, -0.05) is 60.7 Å². The molecule has 0 heterocycles. The Morgan fingerprint density at radius 3 is 1.16 bits per heavy atom. The molecule has 0 saturated carbocycles. The second-order valence-electron chi connectivity index (χ2n) is 4.31. The highest BCUT2D eigenvalue weighted by molar-refractivity contribution is 5.45. The normalized spacial score (nSPS) is 8.21. The monoisotopic (exact) mass is 257 g/mol. The smallest absolute Gasteiger partial charge is 0.209 e. The molecule has 2 aromatic rings. The van der Waals surface area contributed by atoms with Crippen molar-refractivity contribution >= 4 is 6.41 Å². The molecule has 0 unspecified atom stereocenters. The number of benzene rings is 2. The Morgan fingerprint density at radius 1 is 0.737 bits per heavy atom. The molecule has 0 aliphatic rings. The summed E-state index contributed by atoms with van der Waals surface area (Å²) in [4.78, 5) is 10.9. The van der Waals surface area contributed by atoms with Crippen LogP contribution in [0.15, 0.2) is 60.7 Å². The Hall–Kier alpha value is -2.09. The summed E-state index contributed by atoms with van der Waals surface area (Å²) in [5, 5.41) is 0. The summed E-state index contributed by atoms with van der Waals surface area (Å²) < 4.78 is 0. The summed E-state index contributed by atoms with van der Waals surface area (Å²) in [6.07, 6.45) is 0.750. The molecule has 2 aromatic carbocycles. The zero-order valence-electron chi connectivity index (χ0n) is 12.2. The molecule has 2 nitrogen and oxygen atoms in total. The summed E-state index contributed by atoms with van der Waals surface area (Å²) in [6.45, 7) is 4.24. The number of hydrogen-bond acceptors (Lipinski definition) is 1. The SMILES string of the molecule is CN(C)C=O.Cc1ccccc1C.c1ccccc1. The highest BCUT2D eigenvalue weighted by atomic mass is 16.1. The molecular weight excluding hydrogens is 234 g/mol. The zero-order valence-corrected chi connectivity index (χ0v) is 12.2. The van der Waals surface area contributed by atoms with Crippen LogP contribution in [0.5, 0.6) is 0 Å². The molecule has 0 fully saturated rings. The van der Waals surface area contributed by atoms with Crippen molar-refractivity contribution in [2.24, 2.45) is 0 Å². The standard InChI is InChI=1S/C8H10.C6H6.C3H7NO/c1-7-5-3-4-6-8(7)2;1-2-4-6-5-3-1;1-4(2)3-5/h3-6H,1-2H3;1-6H;3H,1-2H3.